The summed E-state index contributed by atoms with van der Waals surface area (Å²) in [6.45, 7) is 1.15. The van der Waals surface area contributed by atoms with E-state index in [0.717, 1.165) is 17.4 Å². The Morgan fingerprint density at radius 2 is 2.11 bits per heavy atom. The number of carboxylic acids is 1. The molecule has 100 valence electrons. The number of hydrogen-bond donors (Lipinski definition) is 2. The zero-order valence-corrected chi connectivity index (χ0v) is 11.9. The van der Waals surface area contributed by atoms with Gasteiger partial charge in [0.25, 0.3) is 0 Å². The number of hydrogen-bond acceptors (Lipinski definition) is 3. The minimum Gasteiger partial charge on any atom is -0.481 e. The van der Waals surface area contributed by atoms with Crippen molar-refractivity contribution in [1.82, 2.24) is 4.90 Å². The first-order valence-corrected chi connectivity index (χ1v) is 6.60. The van der Waals surface area contributed by atoms with Crippen LogP contribution in [0.1, 0.15) is 12.0 Å². The maximum Gasteiger partial charge on any atom is 0.306 e. The molecule has 2 N–H and O–H groups in total. The molecular weight excluding hydrogens is 298 g/mol. The summed E-state index contributed by atoms with van der Waals surface area (Å²) >= 11 is 3.48. The summed E-state index contributed by atoms with van der Waals surface area (Å²) < 4.78 is 1.07. The third kappa shape index (κ3) is 5.62. The van der Waals surface area contributed by atoms with Gasteiger partial charge in [0.1, 0.15) is 0 Å². The standard InChI is InChI=1S/C13H18BrNO3/c1-15(9-11(16)8-13(17)18)7-6-10-4-2-3-5-12(10)14/h2-5,11,16H,6-9H2,1H3,(H,17,18). The number of carboxylic acid groups (broad SMARTS) is 1. The van der Waals surface area contributed by atoms with Gasteiger partial charge in [-0.05, 0) is 25.1 Å². The van der Waals surface area contributed by atoms with Crippen LogP contribution < -0.4 is 0 Å². The van der Waals surface area contributed by atoms with Gasteiger partial charge in [0.05, 0.1) is 12.5 Å². The Morgan fingerprint density at radius 1 is 1.44 bits per heavy atom. The van der Waals surface area contributed by atoms with Gasteiger partial charge in [-0.2, -0.15) is 0 Å². The van der Waals surface area contributed by atoms with Crippen LogP contribution in [0.25, 0.3) is 0 Å². The fraction of sp³-hybridized carbons (Fsp3) is 0.462. The number of aliphatic hydroxyl groups is 1. The Kier molecular flexibility index (Phi) is 6.32. The van der Waals surface area contributed by atoms with Gasteiger partial charge in [-0.3, -0.25) is 4.79 Å². The number of aliphatic carboxylic acids is 1. The molecule has 1 rings (SSSR count). The molecule has 0 aliphatic rings. The minimum atomic E-state index is -0.971. The number of carbonyl (C=O) groups is 1. The van der Waals surface area contributed by atoms with Crippen molar-refractivity contribution in [1.29, 1.82) is 0 Å². The highest BCUT2D eigenvalue weighted by atomic mass is 79.9. The summed E-state index contributed by atoms with van der Waals surface area (Å²) in [5, 5.41) is 18.1. The number of benzene rings is 1. The largest absolute Gasteiger partial charge is 0.481 e. The maximum absolute atomic E-state index is 10.4. The van der Waals surface area contributed by atoms with E-state index < -0.39 is 12.1 Å². The van der Waals surface area contributed by atoms with Crippen LogP contribution in [0.3, 0.4) is 0 Å². The van der Waals surface area contributed by atoms with Crippen LogP contribution in [0.5, 0.6) is 0 Å². The fourth-order valence-corrected chi connectivity index (χ4v) is 2.21. The Morgan fingerprint density at radius 3 is 2.72 bits per heavy atom. The smallest absolute Gasteiger partial charge is 0.306 e. The zero-order valence-electron chi connectivity index (χ0n) is 10.3. The average molecular weight is 316 g/mol. The highest BCUT2D eigenvalue weighted by Gasteiger charge is 2.12. The Labute approximate surface area is 115 Å². The van der Waals surface area contributed by atoms with Crippen molar-refractivity contribution >= 4 is 21.9 Å². The Balaban J connectivity index is 2.35. The van der Waals surface area contributed by atoms with Crippen molar-refractivity contribution < 1.29 is 15.0 Å². The molecule has 0 amide bonds. The average Bonchev–Trinajstić information content (AvgIpc) is 2.26. The highest BCUT2D eigenvalue weighted by molar-refractivity contribution is 9.10. The molecular formula is C13H18BrNO3. The van der Waals surface area contributed by atoms with Crippen molar-refractivity contribution in [3.63, 3.8) is 0 Å². The number of rotatable bonds is 7. The normalized spacial score (nSPS) is 12.7. The molecule has 0 aromatic heterocycles. The summed E-state index contributed by atoms with van der Waals surface area (Å²) in [6.07, 6.45) is -0.163. The first kappa shape index (κ1) is 15.1. The predicted molar refractivity (Wildman–Crippen MR) is 73.6 cm³/mol. The van der Waals surface area contributed by atoms with E-state index in [1.807, 2.05) is 36.2 Å². The third-order valence-electron chi connectivity index (χ3n) is 2.65. The highest BCUT2D eigenvalue weighted by Crippen LogP contribution is 2.16. The third-order valence-corrected chi connectivity index (χ3v) is 3.43. The molecule has 0 spiro atoms. The fourth-order valence-electron chi connectivity index (χ4n) is 1.73. The molecule has 5 heteroatoms. The number of halogens is 1. The van der Waals surface area contributed by atoms with Gasteiger partial charge in [0, 0.05) is 17.6 Å². The van der Waals surface area contributed by atoms with E-state index >= 15 is 0 Å². The quantitative estimate of drug-likeness (QED) is 0.805. The molecule has 1 aromatic carbocycles. The van der Waals surface area contributed by atoms with Crippen LogP contribution in [0.15, 0.2) is 28.7 Å². The van der Waals surface area contributed by atoms with Crippen LogP contribution in [-0.2, 0) is 11.2 Å². The molecule has 18 heavy (non-hydrogen) atoms. The Hall–Kier alpha value is -0.910. The van der Waals surface area contributed by atoms with Crippen molar-refractivity contribution in [3.8, 4) is 0 Å². The summed E-state index contributed by atoms with van der Waals surface area (Å²) in [7, 11) is 1.88. The van der Waals surface area contributed by atoms with Crippen LogP contribution in [0.4, 0.5) is 0 Å². The molecule has 0 fully saturated rings. The summed E-state index contributed by atoms with van der Waals surface area (Å²) in [5.74, 6) is -0.971. The van der Waals surface area contributed by atoms with Crippen molar-refractivity contribution in [2.75, 3.05) is 20.1 Å². The van der Waals surface area contributed by atoms with E-state index in [9.17, 15) is 9.90 Å². The molecule has 1 aromatic rings. The number of likely N-dealkylation sites (N-methyl/N-ethyl adjacent to an activating group) is 1. The van der Waals surface area contributed by atoms with E-state index in [0.29, 0.717) is 6.54 Å². The molecule has 0 radical (unpaired) electrons. The number of nitrogens with zero attached hydrogens (tertiary/aromatic N) is 1. The second-order valence-electron chi connectivity index (χ2n) is 4.36. The van der Waals surface area contributed by atoms with Crippen molar-refractivity contribution in [2.24, 2.45) is 0 Å². The van der Waals surface area contributed by atoms with Gasteiger partial charge in [0.2, 0.25) is 0 Å². The Bertz CT molecular complexity index is 398. The summed E-state index contributed by atoms with van der Waals surface area (Å²) in [5.41, 5.74) is 1.21. The van der Waals surface area contributed by atoms with Crippen molar-refractivity contribution in [2.45, 2.75) is 18.9 Å². The molecule has 1 unspecified atom stereocenters. The summed E-state index contributed by atoms with van der Waals surface area (Å²) in [4.78, 5) is 12.4. The second kappa shape index (κ2) is 7.51. The van der Waals surface area contributed by atoms with Gasteiger partial charge >= 0.3 is 5.97 Å². The lowest BCUT2D eigenvalue weighted by atomic mass is 10.1. The van der Waals surface area contributed by atoms with Gasteiger partial charge < -0.3 is 15.1 Å². The van der Waals surface area contributed by atoms with Gasteiger partial charge in [-0.15, -0.1) is 0 Å². The van der Waals surface area contributed by atoms with Gasteiger partial charge in [-0.1, -0.05) is 34.1 Å². The molecule has 4 nitrogen and oxygen atoms in total. The van der Waals surface area contributed by atoms with E-state index in [2.05, 4.69) is 15.9 Å². The first-order valence-electron chi connectivity index (χ1n) is 5.81. The van der Waals surface area contributed by atoms with Gasteiger partial charge in [0.15, 0.2) is 0 Å². The van der Waals surface area contributed by atoms with E-state index in [1.165, 1.54) is 5.56 Å². The molecule has 0 aliphatic carbocycles. The second-order valence-corrected chi connectivity index (χ2v) is 5.21. The van der Waals surface area contributed by atoms with Crippen LogP contribution in [-0.4, -0.2) is 47.3 Å². The van der Waals surface area contributed by atoms with E-state index in [1.54, 1.807) is 0 Å². The van der Waals surface area contributed by atoms with Crippen LogP contribution in [0, 0.1) is 0 Å². The lowest BCUT2D eigenvalue weighted by Gasteiger charge is -2.19. The molecule has 0 saturated heterocycles. The predicted octanol–water partition coefficient (Wildman–Crippen LogP) is 1.76. The number of aliphatic hydroxyl groups excluding tert-OH is 1. The first-order chi connectivity index (χ1) is 8.49. The van der Waals surface area contributed by atoms with Crippen molar-refractivity contribution in [3.05, 3.63) is 34.3 Å². The molecule has 0 aliphatic heterocycles. The van der Waals surface area contributed by atoms with Crippen LogP contribution >= 0.6 is 15.9 Å². The minimum absolute atomic E-state index is 0.209. The molecule has 0 saturated carbocycles. The SMILES string of the molecule is CN(CCc1ccccc1Br)CC(O)CC(=O)O. The van der Waals surface area contributed by atoms with Crippen LogP contribution in [0.2, 0.25) is 0 Å². The summed E-state index contributed by atoms with van der Waals surface area (Å²) in [6, 6.07) is 7.99. The molecule has 1 atom stereocenters. The lowest BCUT2D eigenvalue weighted by Crippen LogP contribution is -2.32. The molecule has 0 bridgehead atoms. The zero-order chi connectivity index (χ0) is 13.5. The topological polar surface area (TPSA) is 60.8 Å². The van der Waals surface area contributed by atoms with Gasteiger partial charge in [-0.25, -0.2) is 0 Å². The lowest BCUT2D eigenvalue weighted by molar-refractivity contribution is -0.139. The monoisotopic (exact) mass is 315 g/mol. The van der Waals surface area contributed by atoms with E-state index in [4.69, 9.17) is 5.11 Å². The molecule has 0 heterocycles. The maximum atomic E-state index is 10.4. The van der Waals surface area contributed by atoms with E-state index in [-0.39, 0.29) is 6.42 Å².